The van der Waals surface area contributed by atoms with Crippen molar-refractivity contribution in [1.29, 1.82) is 0 Å². The molecule has 1 aromatic heterocycles. The number of nitrogens with one attached hydrogen (secondary N) is 1. The van der Waals surface area contributed by atoms with Crippen LogP contribution in [0.25, 0.3) is 0 Å². The molecule has 1 amide bonds. The van der Waals surface area contributed by atoms with E-state index in [0.29, 0.717) is 5.56 Å². The van der Waals surface area contributed by atoms with Crippen LogP contribution in [0.4, 0.5) is 11.4 Å². The Bertz CT molecular complexity index is 651. The molecule has 1 aliphatic rings. The molecule has 0 unspecified atom stereocenters. The Morgan fingerprint density at radius 2 is 1.78 bits per heavy atom. The van der Waals surface area contributed by atoms with Crippen molar-refractivity contribution in [2.45, 2.75) is 6.92 Å². The number of amides is 1. The lowest BCUT2D eigenvalue weighted by atomic mass is 10.2. The number of benzene rings is 1. The summed E-state index contributed by atoms with van der Waals surface area (Å²) >= 11 is 0. The first kappa shape index (κ1) is 15.5. The van der Waals surface area contributed by atoms with E-state index in [1.807, 2.05) is 18.2 Å². The zero-order chi connectivity index (χ0) is 16.1. The monoisotopic (exact) mass is 310 g/mol. The van der Waals surface area contributed by atoms with Crippen LogP contribution < -0.4 is 10.2 Å². The summed E-state index contributed by atoms with van der Waals surface area (Å²) in [6.45, 7) is 7.37. The Kier molecular flexibility index (Phi) is 4.88. The van der Waals surface area contributed by atoms with Gasteiger partial charge in [0.2, 0.25) is 0 Å². The van der Waals surface area contributed by atoms with Gasteiger partial charge in [-0.25, -0.2) is 0 Å². The van der Waals surface area contributed by atoms with E-state index in [9.17, 15) is 4.79 Å². The number of piperazine rings is 1. The molecule has 0 atom stereocenters. The van der Waals surface area contributed by atoms with Gasteiger partial charge in [0.25, 0.3) is 5.91 Å². The number of rotatable bonds is 4. The zero-order valence-electron chi connectivity index (χ0n) is 13.4. The Labute approximate surface area is 136 Å². The van der Waals surface area contributed by atoms with E-state index < -0.39 is 0 Å². The fraction of sp³-hybridized carbons (Fsp3) is 0.333. The molecule has 0 aliphatic carbocycles. The summed E-state index contributed by atoms with van der Waals surface area (Å²) in [5.41, 5.74) is 2.57. The van der Waals surface area contributed by atoms with Gasteiger partial charge in [0, 0.05) is 44.1 Å². The van der Waals surface area contributed by atoms with E-state index in [0.717, 1.165) is 44.1 Å². The van der Waals surface area contributed by atoms with Gasteiger partial charge in [-0.15, -0.1) is 0 Å². The fourth-order valence-corrected chi connectivity index (χ4v) is 2.86. The predicted octanol–water partition coefficient (Wildman–Crippen LogP) is 2.48. The number of para-hydroxylation sites is 2. The maximum absolute atomic E-state index is 12.4. The number of anilines is 2. The smallest absolute Gasteiger partial charge is 0.255 e. The van der Waals surface area contributed by atoms with E-state index in [4.69, 9.17) is 0 Å². The molecule has 1 saturated heterocycles. The Balaban J connectivity index is 1.75. The maximum atomic E-state index is 12.4. The van der Waals surface area contributed by atoms with E-state index in [2.05, 4.69) is 33.1 Å². The highest BCUT2D eigenvalue weighted by Gasteiger charge is 2.18. The lowest BCUT2D eigenvalue weighted by Crippen LogP contribution is -2.46. The topological polar surface area (TPSA) is 48.5 Å². The van der Waals surface area contributed by atoms with Crippen molar-refractivity contribution in [2.24, 2.45) is 0 Å². The number of hydrogen-bond donors (Lipinski definition) is 1. The summed E-state index contributed by atoms with van der Waals surface area (Å²) < 4.78 is 0. The normalized spacial score (nSPS) is 15.4. The summed E-state index contributed by atoms with van der Waals surface area (Å²) in [7, 11) is 0. The molecule has 1 aliphatic heterocycles. The number of likely N-dealkylation sites (N-methyl/N-ethyl adjacent to an activating group) is 1. The van der Waals surface area contributed by atoms with Crippen molar-refractivity contribution in [3.8, 4) is 0 Å². The van der Waals surface area contributed by atoms with Crippen molar-refractivity contribution in [1.82, 2.24) is 9.88 Å². The van der Waals surface area contributed by atoms with Crippen LogP contribution in [0.3, 0.4) is 0 Å². The minimum atomic E-state index is -0.105. The maximum Gasteiger partial charge on any atom is 0.255 e. The molecule has 0 spiro atoms. The van der Waals surface area contributed by atoms with Crippen molar-refractivity contribution in [2.75, 3.05) is 42.9 Å². The highest BCUT2D eigenvalue weighted by Crippen LogP contribution is 2.27. The summed E-state index contributed by atoms with van der Waals surface area (Å²) in [5.74, 6) is -0.105. The summed E-state index contributed by atoms with van der Waals surface area (Å²) in [6.07, 6.45) is 3.26. The molecular formula is C18H22N4O. The molecular weight excluding hydrogens is 288 g/mol. The molecule has 5 nitrogen and oxygen atoms in total. The van der Waals surface area contributed by atoms with Crippen LogP contribution in [-0.4, -0.2) is 48.5 Å². The van der Waals surface area contributed by atoms with Gasteiger partial charge in [-0.2, -0.15) is 0 Å². The van der Waals surface area contributed by atoms with E-state index in [1.165, 1.54) is 0 Å². The number of carbonyl (C=O) groups is 1. The Hall–Kier alpha value is -2.40. The van der Waals surface area contributed by atoms with Gasteiger partial charge < -0.3 is 15.1 Å². The third-order valence-corrected chi connectivity index (χ3v) is 4.25. The van der Waals surface area contributed by atoms with Gasteiger partial charge in [0.05, 0.1) is 11.4 Å². The molecule has 5 heteroatoms. The minimum absolute atomic E-state index is 0.105. The van der Waals surface area contributed by atoms with Gasteiger partial charge >= 0.3 is 0 Å². The molecule has 1 aromatic carbocycles. The van der Waals surface area contributed by atoms with Crippen molar-refractivity contribution < 1.29 is 4.79 Å². The third kappa shape index (κ3) is 3.68. The van der Waals surface area contributed by atoms with Crippen LogP contribution in [0.5, 0.6) is 0 Å². The Morgan fingerprint density at radius 1 is 1.09 bits per heavy atom. The van der Waals surface area contributed by atoms with Gasteiger partial charge in [-0.1, -0.05) is 19.1 Å². The van der Waals surface area contributed by atoms with Gasteiger partial charge in [0.15, 0.2) is 0 Å². The number of nitrogens with zero attached hydrogens (tertiary/aromatic N) is 3. The van der Waals surface area contributed by atoms with Crippen LogP contribution in [0, 0.1) is 0 Å². The van der Waals surface area contributed by atoms with E-state index >= 15 is 0 Å². The van der Waals surface area contributed by atoms with Gasteiger partial charge in [-0.3, -0.25) is 9.78 Å². The first-order valence-electron chi connectivity index (χ1n) is 8.05. The second kappa shape index (κ2) is 7.24. The fourth-order valence-electron chi connectivity index (χ4n) is 2.86. The molecule has 2 heterocycles. The van der Waals surface area contributed by atoms with Crippen molar-refractivity contribution >= 4 is 17.3 Å². The number of carbonyl (C=O) groups excluding carboxylic acids is 1. The molecule has 1 N–H and O–H groups in total. The highest BCUT2D eigenvalue weighted by molar-refractivity contribution is 6.05. The van der Waals surface area contributed by atoms with Crippen molar-refractivity contribution in [3.63, 3.8) is 0 Å². The largest absolute Gasteiger partial charge is 0.367 e. The predicted molar refractivity (Wildman–Crippen MR) is 93.0 cm³/mol. The van der Waals surface area contributed by atoms with Crippen LogP contribution in [0.1, 0.15) is 17.3 Å². The SMILES string of the molecule is CCN1CCN(c2ccccc2NC(=O)c2ccncc2)CC1. The van der Waals surface area contributed by atoms with Crippen LogP contribution in [-0.2, 0) is 0 Å². The standard InChI is InChI=1S/C18H22N4O/c1-2-21-11-13-22(14-12-21)17-6-4-3-5-16(17)20-18(23)15-7-9-19-10-8-15/h3-10H,2,11-14H2,1H3,(H,20,23). The minimum Gasteiger partial charge on any atom is -0.367 e. The van der Waals surface area contributed by atoms with Crippen LogP contribution in [0.15, 0.2) is 48.8 Å². The number of pyridine rings is 1. The van der Waals surface area contributed by atoms with E-state index in [-0.39, 0.29) is 5.91 Å². The molecule has 0 bridgehead atoms. The molecule has 0 radical (unpaired) electrons. The second-order valence-electron chi connectivity index (χ2n) is 5.63. The Morgan fingerprint density at radius 3 is 2.48 bits per heavy atom. The first-order chi connectivity index (χ1) is 11.3. The lowest BCUT2D eigenvalue weighted by Gasteiger charge is -2.36. The van der Waals surface area contributed by atoms with Crippen LogP contribution >= 0.6 is 0 Å². The summed E-state index contributed by atoms with van der Waals surface area (Å²) in [5, 5.41) is 3.03. The third-order valence-electron chi connectivity index (χ3n) is 4.25. The molecule has 1 fully saturated rings. The molecule has 3 rings (SSSR count). The second-order valence-corrected chi connectivity index (χ2v) is 5.63. The van der Waals surface area contributed by atoms with Gasteiger partial charge in [0.1, 0.15) is 0 Å². The summed E-state index contributed by atoms with van der Waals surface area (Å²) in [6, 6.07) is 11.4. The molecule has 23 heavy (non-hydrogen) atoms. The number of aromatic nitrogens is 1. The average Bonchev–Trinajstić information content (AvgIpc) is 2.63. The average molecular weight is 310 g/mol. The molecule has 120 valence electrons. The van der Waals surface area contributed by atoms with Crippen LogP contribution in [0.2, 0.25) is 0 Å². The number of hydrogen-bond acceptors (Lipinski definition) is 4. The zero-order valence-corrected chi connectivity index (χ0v) is 13.4. The van der Waals surface area contributed by atoms with Gasteiger partial charge in [-0.05, 0) is 30.8 Å². The van der Waals surface area contributed by atoms with E-state index in [1.54, 1.807) is 24.5 Å². The molecule has 2 aromatic rings. The lowest BCUT2D eigenvalue weighted by molar-refractivity contribution is 0.102. The summed E-state index contributed by atoms with van der Waals surface area (Å²) in [4.78, 5) is 21.1. The van der Waals surface area contributed by atoms with Crippen molar-refractivity contribution in [3.05, 3.63) is 54.4 Å². The quantitative estimate of drug-likeness (QED) is 0.942. The molecule has 0 saturated carbocycles. The highest BCUT2D eigenvalue weighted by atomic mass is 16.1. The first-order valence-corrected chi connectivity index (χ1v) is 8.05.